The van der Waals surface area contributed by atoms with Crippen molar-refractivity contribution >= 4 is 51.1 Å². The Bertz CT molecular complexity index is 2060. The molecule has 0 spiro atoms. The molecule has 1 aliphatic rings. The number of aromatic nitrogens is 4. The third-order valence-electron chi connectivity index (χ3n) is 8.53. The summed E-state index contributed by atoms with van der Waals surface area (Å²) in [5.74, 6) is 1.34. The number of nitrogens with one attached hydrogen (secondary N) is 2. The predicted octanol–water partition coefficient (Wildman–Crippen LogP) is 6.72. The Labute approximate surface area is 261 Å². The number of carbonyl (C=O) groups is 1. The van der Waals surface area contributed by atoms with E-state index in [-0.39, 0.29) is 6.10 Å². The molecular weight excluding hydrogens is 562 g/mol. The third kappa shape index (κ3) is 5.71. The van der Waals surface area contributed by atoms with E-state index < -0.39 is 0 Å². The van der Waals surface area contributed by atoms with E-state index in [2.05, 4.69) is 68.6 Å². The topological polar surface area (TPSA) is 116 Å². The molecule has 1 saturated heterocycles. The zero-order valence-electron chi connectivity index (χ0n) is 25.2. The molecule has 1 fully saturated rings. The van der Waals surface area contributed by atoms with Crippen LogP contribution in [0, 0.1) is 13.8 Å². The van der Waals surface area contributed by atoms with Crippen molar-refractivity contribution in [2.24, 2.45) is 0 Å². The van der Waals surface area contributed by atoms with Crippen molar-refractivity contribution in [3.63, 3.8) is 0 Å². The molecule has 224 valence electrons. The van der Waals surface area contributed by atoms with Crippen LogP contribution in [0.15, 0.2) is 85.5 Å². The average Bonchev–Trinajstić information content (AvgIpc) is 3.47. The second-order valence-corrected chi connectivity index (χ2v) is 11.6. The van der Waals surface area contributed by atoms with Crippen LogP contribution in [0.3, 0.4) is 0 Å². The lowest BCUT2D eigenvalue weighted by molar-refractivity contribution is 0.112. The van der Waals surface area contributed by atoms with Gasteiger partial charge in [-0.3, -0.25) is 19.7 Å². The van der Waals surface area contributed by atoms with Crippen molar-refractivity contribution in [3.05, 3.63) is 108 Å². The van der Waals surface area contributed by atoms with E-state index in [0.717, 1.165) is 81.3 Å². The third-order valence-corrected chi connectivity index (χ3v) is 8.53. The van der Waals surface area contributed by atoms with Crippen LogP contribution >= 0.6 is 0 Å². The van der Waals surface area contributed by atoms with Gasteiger partial charge in [0.25, 0.3) is 0 Å². The van der Waals surface area contributed by atoms with Crippen molar-refractivity contribution in [1.82, 2.24) is 24.8 Å². The number of aliphatic hydroxyl groups excluding tert-OH is 1. The minimum Gasteiger partial charge on any atom is -0.392 e. The molecule has 1 atom stereocenters. The normalized spacial score (nSPS) is 15.0. The Morgan fingerprint density at radius 3 is 2.00 bits per heavy atom. The lowest BCUT2D eigenvalue weighted by Gasteiger charge is -2.18. The SMILES string of the molecule is Cc1c(Nc2nccc3cc(C=O)cnc23)cccc1-c1cccc(Nc2nccc3cc(CN4CC[C@@H](O)C4)cnc23)c1C. The smallest absolute Gasteiger partial charge is 0.156 e. The highest BCUT2D eigenvalue weighted by atomic mass is 16.3. The molecule has 0 saturated carbocycles. The Kier molecular flexibility index (Phi) is 7.62. The van der Waals surface area contributed by atoms with Gasteiger partial charge in [-0.2, -0.15) is 0 Å². The molecule has 0 aliphatic carbocycles. The second kappa shape index (κ2) is 12.0. The fourth-order valence-electron chi connectivity index (χ4n) is 6.11. The molecule has 45 heavy (non-hydrogen) atoms. The van der Waals surface area contributed by atoms with Gasteiger partial charge in [0.2, 0.25) is 0 Å². The Balaban J connectivity index is 1.17. The molecule has 2 aromatic carbocycles. The Hall–Kier alpha value is -5.25. The zero-order valence-corrected chi connectivity index (χ0v) is 25.2. The first kappa shape index (κ1) is 28.5. The van der Waals surface area contributed by atoms with Gasteiger partial charge in [0.1, 0.15) is 11.0 Å². The van der Waals surface area contributed by atoms with Gasteiger partial charge in [-0.15, -0.1) is 0 Å². The first-order valence-electron chi connectivity index (χ1n) is 15.0. The van der Waals surface area contributed by atoms with Gasteiger partial charge < -0.3 is 15.7 Å². The number of rotatable bonds is 8. The summed E-state index contributed by atoms with van der Waals surface area (Å²) in [6.07, 6.45) is 8.38. The number of nitrogens with zero attached hydrogens (tertiary/aromatic N) is 5. The molecule has 1 aliphatic heterocycles. The first-order chi connectivity index (χ1) is 22.0. The zero-order chi connectivity index (χ0) is 30.9. The summed E-state index contributed by atoms with van der Waals surface area (Å²) in [5.41, 5.74) is 9.40. The predicted molar refractivity (Wildman–Crippen MR) is 178 cm³/mol. The van der Waals surface area contributed by atoms with Gasteiger partial charge in [-0.25, -0.2) is 9.97 Å². The maximum absolute atomic E-state index is 11.2. The number of pyridine rings is 4. The number of β-amino-alcohol motifs (C(OH)–C–C–N with tert-alkyl or cyclic N) is 1. The summed E-state index contributed by atoms with van der Waals surface area (Å²) >= 11 is 0. The minimum atomic E-state index is -0.239. The molecular formula is C36H33N7O2. The second-order valence-electron chi connectivity index (χ2n) is 11.6. The highest BCUT2D eigenvalue weighted by Crippen LogP contribution is 2.36. The summed E-state index contributed by atoms with van der Waals surface area (Å²) < 4.78 is 0. The molecule has 4 aromatic heterocycles. The number of carbonyl (C=O) groups excluding carboxylic acids is 1. The minimum absolute atomic E-state index is 0.239. The summed E-state index contributed by atoms with van der Waals surface area (Å²) in [7, 11) is 0. The first-order valence-corrected chi connectivity index (χ1v) is 15.0. The molecule has 5 heterocycles. The lowest BCUT2D eigenvalue weighted by Crippen LogP contribution is -2.21. The van der Waals surface area contributed by atoms with E-state index in [9.17, 15) is 9.90 Å². The molecule has 0 amide bonds. The molecule has 9 nitrogen and oxygen atoms in total. The van der Waals surface area contributed by atoms with Crippen molar-refractivity contribution < 1.29 is 9.90 Å². The molecule has 9 heteroatoms. The summed E-state index contributed by atoms with van der Waals surface area (Å²) in [6.45, 7) is 6.58. The average molecular weight is 596 g/mol. The van der Waals surface area contributed by atoms with Gasteiger partial charge >= 0.3 is 0 Å². The van der Waals surface area contributed by atoms with Crippen LogP contribution < -0.4 is 10.6 Å². The number of aldehydes is 1. The van der Waals surface area contributed by atoms with Gasteiger partial charge in [0.05, 0.1) is 6.10 Å². The number of benzene rings is 2. The van der Waals surface area contributed by atoms with Crippen LogP contribution in [0.4, 0.5) is 23.0 Å². The van der Waals surface area contributed by atoms with E-state index in [1.54, 1.807) is 12.4 Å². The van der Waals surface area contributed by atoms with Crippen LogP contribution in [0.2, 0.25) is 0 Å². The Morgan fingerprint density at radius 1 is 0.822 bits per heavy atom. The number of hydrogen-bond acceptors (Lipinski definition) is 9. The van der Waals surface area contributed by atoms with Crippen molar-refractivity contribution in [2.75, 3.05) is 23.7 Å². The number of hydrogen-bond donors (Lipinski definition) is 3. The highest BCUT2D eigenvalue weighted by molar-refractivity contribution is 5.94. The van der Waals surface area contributed by atoms with E-state index in [4.69, 9.17) is 4.98 Å². The number of likely N-dealkylation sites (tertiary alicyclic amines) is 1. The van der Waals surface area contributed by atoms with Gasteiger partial charge in [0.15, 0.2) is 17.9 Å². The van der Waals surface area contributed by atoms with E-state index >= 15 is 0 Å². The van der Waals surface area contributed by atoms with Crippen LogP contribution in [0.1, 0.15) is 33.5 Å². The van der Waals surface area contributed by atoms with Crippen LogP contribution in [0.25, 0.3) is 32.9 Å². The molecule has 6 aromatic rings. The van der Waals surface area contributed by atoms with Crippen LogP contribution in [-0.2, 0) is 6.54 Å². The largest absolute Gasteiger partial charge is 0.392 e. The quantitative estimate of drug-likeness (QED) is 0.165. The van der Waals surface area contributed by atoms with Crippen molar-refractivity contribution in [2.45, 2.75) is 32.9 Å². The molecule has 0 radical (unpaired) electrons. The number of fused-ring (bicyclic) bond motifs is 2. The highest BCUT2D eigenvalue weighted by Gasteiger charge is 2.20. The lowest BCUT2D eigenvalue weighted by atomic mass is 9.94. The molecule has 0 bridgehead atoms. The van der Waals surface area contributed by atoms with Crippen molar-refractivity contribution in [3.8, 4) is 11.1 Å². The van der Waals surface area contributed by atoms with E-state index in [1.807, 2.05) is 48.8 Å². The van der Waals surface area contributed by atoms with Crippen molar-refractivity contribution in [1.29, 1.82) is 0 Å². The molecule has 3 N–H and O–H groups in total. The maximum atomic E-state index is 11.2. The van der Waals surface area contributed by atoms with Gasteiger partial charge in [-0.05, 0) is 84.5 Å². The number of anilines is 4. The van der Waals surface area contributed by atoms with Crippen LogP contribution in [0.5, 0.6) is 0 Å². The fourth-order valence-corrected chi connectivity index (χ4v) is 6.11. The summed E-state index contributed by atoms with van der Waals surface area (Å²) in [5, 5.41) is 18.8. The number of aliphatic hydroxyl groups is 1. The molecule has 7 rings (SSSR count). The monoisotopic (exact) mass is 595 g/mol. The van der Waals surface area contributed by atoms with E-state index in [0.29, 0.717) is 29.3 Å². The van der Waals surface area contributed by atoms with E-state index in [1.165, 1.54) is 0 Å². The standard InChI is InChI=1S/C36H33N7O2/c1-22-29(30-6-4-8-32(23(30)2)42-36-34-27(10-13-38-36)16-25(21-44)18-40-34)5-3-7-31(22)41-35-33-26(9-12-37-35)15-24(17-39-33)19-43-14-11-28(45)20-43/h3-10,12-13,15-18,21,28,45H,11,14,19-20H2,1-2H3,(H,37,41)(H,38,42)/t28-/m1/s1. The maximum Gasteiger partial charge on any atom is 0.156 e. The molecule has 0 unspecified atom stereocenters. The summed E-state index contributed by atoms with van der Waals surface area (Å²) in [4.78, 5) is 32.0. The fraction of sp³-hybridized carbons (Fsp3) is 0.194. The Morgan fingerprint density at radius 2 is 1.42 bits per heavy atom. The van der Waals surface area contributed by atoms with Gasteiger partial charge in [0, 0.05) is 72.1 Å². The van der Waals surface area contributed by atoms with Crippen LogP contribution in [-0.4, -0.2) is 55.4 Å². The summed E-state index contributed by atoms with van der Waals surface area (Å²) in [6, 6.07) is 20.2. The van der Waals surface area contributed by atoms with Gasteiger partial charge in [-0.1, -0.05) is 24.3 Å².